The molecular formula is C17H16N2O2. The van der Waals surface area contributed by atoms with Gasteiger partial charge in [-0.05, 0) is 54.1 Å². The molecule has 21 heavy (non-hydrogen) atoms. The lowest BCUT2D eigenvalue weighted by molar-refractivity contribution is 0.0697. The zero-order valence-electron chi connectivity index (χ0n) is 11.6. The van der Waals surface area contributed by atoms with E-state index in [1.165, 1.54) is 5.39 Å². The lowest BCUT2D eigenvalue weighted by Crippen LogP contribution is -2.32. The predicted molar refractivity (Wildman–Crippen MR) is 79.9 cm³/mol. The van der Waals surface area contributed by atoms with E-state index in [1.54, 1.807) is 18.4 Å². The van der Waals surface area contributed by atoms with Crippen LogP contribution in [0.1, 0.15) is 29.0 Å². The van der Waals surface area contributed by atoms with E-state index in [0.717, 1.165) is 23.9 Å². The number of hydrogen-bond donors (Lipinski definition) is 1. The van der Waals surface area contributed by atoms with Gasteiger partial charge in [-0.3, -0.25) is 4.79 Å². The van der Waals surface area contributed by atoms with E-state index in [0.29, 0.717) is 18.3 Å². The summed E-state index contributed by atoms with van der Waals surface area (Å²) < 4.78 is 5.25. The summed E-state index contributed by atoms with van der Waals surface area (Å²) in [7, 11) is 0. The minimum atomic E-state index is -0.0170. The number of fused-ring (bicyclic) bond motifs is 1. The van der Waals surface area contributed by atoms with Crippen LogP contribution >= 0.6 is 0 Å². The normalized spacial score (nSPS) is 14.5. The Labute approximate surface area is 122 Å². The monoisotopic (exact) mass is 280 g/mol. The van der Waals surface area contributed by atoms with Crippen molar-refractivity contribution in [1.82, 2.24) is 9.88 Å². The number of nitrogens with one attached hydrogen (secondary N) is 1. The van der Waals surface area contributed by atoms with Crippen molar-refractivity contribution in [3.05, 3.63) is 60.2 Å². The smallest absolute Gasteiger partial charge is 0.290 e. The maximum absolute atomic E-state index is 12.5. The minimum absolute atomic E-state index is 0.0170. The Morgan fingerprint density at radius 2 is 2.19 bits per heavy atom. The van der Waals surface area contributed by atoms with Gasteiger partial charge in [0.15, 0.2) is 5.76 Å². The van der Waals surface area contributed by atoms with E-state index in [1.807, 2.05) is 11.1 Å². The Morgan fingerprint density at radius 3 is 2.95 bits per heavy atom. The summed E-state index contributed by atoms with van der Waals surface area (Å²) in [5, 5.41) is 1.17. The van der Waals surface area contributed by atoms with Gasteiger partial charge in [-0.25, -0.2) is 0 Å². The predicted octanol–water partition coefficient (Wildman–Crippen LogP) is 3.57. The van der Waals surface area contributed by atoms with Crippen LogP contribution in [0.15, 0.2) is 53.3 Å². The molecule has 2 aromatic heterocycles. The van der Waals surface area contributed by atoms with Crippen LogP contribution in [0.3, 0.4) is 0 Å². The number of H-pyrrole nitrogens is 1. The molecule has 4 nitrogen and oxygen atoms in total. The fourth-order valence-corrected chi connectivity index (χ4v) is 2.69. The van der Waals surface area contributed by atoms with Gasteiger partial charge in [0.2, 0.25) is 0 Å². The van der Waals surface area contributed by atoms with Crippen molar-refractivity contribution in [2.24, 2.45) is 0 Å². The third kappa shape index (κ3) is 2.33. The Balaban J connectivity index is 1.61. The summed E-state index contributed by atoms with van der Waals surface area (Å²) in [6, 6.07) is 12.2. The molecule has 0 saturated heterocycles. The summed E-state index contributed by atoms with van der Waals surface area (Å²) in [6.07, 6.45) is 5.64. The van der Waals surface area contributed by atoms with Crippen LogP contribution in [0.2, 0.25) is 0 Å². The number of rotatable bonds is 4. The number of carbonyl (C=O) groups is 1. The van der Waals surface area contributed by atoms with Gasteiger partial charge in [-0.15, -0.1) is 0 Å². The number of hydrogen-bond acceptors (Lipinski definition) is 2. The molecule has 0 radical (unpaired) electrons. The molecule has 0 aliphatic heterocycles. The van der Waals surface area contributed by atoms with E-state index in [2.05, 4.69) is 29.2 Å². The molecule has 1 amide bonds. The number of aromatic nitrogens is 1. The van der Waals surface area contributed by atoms with Crippen molar-refractivity contribution in [2.45, 2.75) is 25.4 Å². The molecule has 4 heteroatoms. The highest BCUT2D eigenvalue weighted by Crippen LogP contribution is 2.30. The van der Waals surface area contributed by atoms with Gasteiger partial charge in [-0.2, -0.15) is 0 Å². The first-order chi connectivity index (χ1) is 10.3. The van der Waals surface area contributed by atoms with Gasteiger partial charge in [0, 0.05) is 24.3 Å². The average molecular weight is 280 g/mol. The first-order valence-electron chi connectivity index (χ1n) is 7.22. The van der Waals surface area contributed by atoms with Crippen molar-refractivity contribution in [3.8, 4) is 0 Å². The van der Waals surface area contributed by atoms with E-state index in [-0.39, 0.29) is 5.91 Å². The highest BCUT2D eigenvalue weighted by atomic mass is 16.3. The number of furan rings is 1. The van der Waals surface area contributed by atoms with Gasteiger partial charge in [0.25, 0.3) is 5.91 Å². The van der Waals surface area contributed by atoms with Crippen molar-refractivity contribution in [3.63, 3.8) is 0 Å². The molecule has 2 heterocycles. The molecule has 106 valence electrons. The Morgan fingerprint density at radius 1 is 1.29 bits per heavy atom. The van der Waals surface area contributed by atoms with Crippen LogP contribution < -0.4 is 0 Å². The largest absolute Gasteiger partial charge is 0.459 e. The van der Waals surface area contributed by atoms with Crippen molar-refractivity contribution in [2.75, 3.05) is 0 Å². The molecule has 1 fully saturated rings. The number of benzene rings is 1. The van der Waals surface area contributed by atoms with Crippen molar-refractivity contribution in [1.29, 1.82) is 0 Å². The Bertz CT molecular complexity index is 769. The third-order valence-corrected chi connectivity index (χ3v) is 3.95. The summed E-state index contributed by atoms with van der Waals surface area (Å²) in [6.45, 7) is 0.630. The topological polar surface area (TPSA) is 49.2 Å². The van der Waals surface area contributed by atoms with Crippen LogP contribution in [-0.4, -0.2) is 21.8 Å². The fraction of sp³-hybridized carbons (Fsp3) is 0.235. The fourth-order valence-electron chi connectivity index (χ4n) is 2.69. The molecule has 0 bridgehead atoms. The van der Waals surface area contributed by atoms with Gasteiger partial charge >= 0.3 is 0 Å². The van der Waals surface area contributed by atoms with E-state index in [9.17, 15) is 4.79 Å². The number of nitrogens with zero attached hydrogens (tertiary/aromatic N) is 1. The van der Waals surface area contributed by atoms with Crippen LogP contribution in [-0.2, 0) is 6.54 Å². The second kappa shape index (κ2) is 4.81. The molecule has 1 aliphatic carbocycles. The quantitative estimate of drug-likeness (QED) is 0.794. The summed E-state index contributed by atoms with van der Waals surface area (Å²) in [5.41, 5.74) is 2.27. The zero-order chi connectivity index (χ0) is 14.2. The average Bonchev–Trinajstić information content (AvgIpc) is 3.02. The molecule has 1 saturated carbocycles. The standard InChI is InChI=1S/C17H16N2O2/c20-17(16-2-1-9-21-16)19(14-4-5-14)11-12-3-6-15-13(10-12)7-8-18-15/h1-3,6-10,14,18H,4-5,11H2. The SMILES string of the molecule is O=C(c1ccco1)N(Cc1ccc2[nH]ccc2c1)C1CC1. The highest BCUT2D eigenvalue weighted by molar-refractivity contribution is 5.92. The molecule has 1 aromatic carbocycles. The second-order valence-electron chi connectivity index (χ2n) is 5.54. The van der Waals surface area contributed by atoms with Gasteiger partial charge in [0.05, 0.1) is 6.26 Å². The maximum atomic E-state index is 12.5. The molecule has 3 aromatic rings. The van der Waals surface area contributed by atoms with Crippen molar-refractivity contribution < 1.29 is 9.21 Å². The Kier molecular flexibility index (Phi) is 2.81. The van der Waals surface area contributed by atoms with Gasteiger partial charge in [0.1, 0.15) is 0 Å². The molecule has 0 atom stereocenters. The van der Waals surface area contributed by atoms with Crippen LogP contribution in [0.25, 0.3) is 10.9 Å². The lowest BCUT2D eigenvalue weighted by atomic mass is 10.1. The number of amides is 1. The van der Waals surface area contributed by atoms with E-state index >= 15 is 0 Å². The zero-order valence-corrected chi connectivity index (χ0v) is 11.6. The van der Waals surface area contributed by atoms with Gasteiger partial charge in [-0.1, -0.05) is 6.07 Å². The minimum Gasteiger partial charge on any atom is -0.459 e. The molecule has 4 rings (SSSR count). The molecule has 1 aliphatic rings. The number of carbonyl (C=O) groups excluding carboxylic acids is 1. The summed E-state index contributed by atoms with van der Waals surface area (Å²) in [5.74, 6) is 0.404. The van der Waals surface area contributed by atoms with E-state index < -0.39 is 0 Å². The van der Waals surface area contributed by atoms with Crippen LogP contribution in [0.5, 0.6) is 0 Å². The Hall–Kier alpha value is -2.49. The highest BCUT2D eigenvalue weighted by Gasteiger charge is 2.34. The van der Waals surface area contributed by atoms with Crippen LogP contribution in [0, 0.1) is 0 Å². The van der Waals surface area contributed by atoms with E-state index in [4.69, 9.17) is 4.42 Å². The molecule has 0 spiro atoms. The first kappa shape index (κ1) is 12.3. The maximum Gasteiger partial charge on any atom is 0.290 e. The molecular weight excluding hydrogens is 264 g/mol. The van der Waals surface area contributed by atoms with Crippen molar-refractivity contribution >= 4 is 16.8 Å². The van der Waals surface area contributed by atoms with Gasteiger partial charge < -0.3 is 14.3 Å². The van der Waals surface area contributed by atoms with Crippen LogP contribution in [0.4, 0.5) is 0 Å². The number of aromatic amines is 1. The lowest BCUT2D eigenvalue weighted by Gasteiger charge is -2.21. The first-order valence-corrected chi connectivity index (χ1v) is 7.22. The second-order valence-corrected chi connectivity index (χ2v) is 5.54. The third-order valence-electron chi connectivity index (χ3n) is 3.95. The summed E-state index contributed by atoms with van der Waals surface area (Å²) in [4.78, 5) is 17.6. The summed E-state index contributed by atoms with van der Waals surface area (Å²) >= 11 is 0. The molecule has 1 N–H and O–H groups in total. The molecule has 0 unspecified atom stereocenters.